The smallest absolute Gasteiger partial charge is 0.00462 e. The van der Waals surface area contributed by atoms with E-state index in [1.165, 1.54) is 51.6 Å². The Morgan fingerprint density at radius 2 is 1.40 bits per heavy atom. The predicted octanol–water partition coefficient (Wildman–Crippen LogP) is 3.45. The highest BCUT2D eigenvalue weighted by Gasteiger charge is 2.29. The van der Waals surface area contributed by atoms with Gasteiger partial charge in [0, 0.05) is 0 Å². The van der Waals surface area contributed by atoms with Crippen molar-refractivity contribution in [2.45, 2.75) is 52.4 Å². The van der Waals surface area contributed by atoms with Crippen LogP contribution in [0.3, 0.4) is 0 Å². The van der Waals surface area contributed by atoms with E-state index in [0.29, 0.717) is 0 Å². The van der Waals surface area contributed by atoms with Gasteiger partial charge in [0.15, 0.2) is 0 Å². The van der Waals surface area contributed by atoms with Gasteiger partial charge in [0.05, 0.1) is 0 Å². The molecule has 0 amide bonds. The summed E-state index contributed by atoms with van der Waals surface area (Å²) >= 11 is 0. The number of hydrogen-bond acceptors (Lipinski definition) is 1. The molecule has 15 heavy (non-hydrogen) atoms. The van der Waals surface area contributed by atoms with Crippen molar-refractivity contribution in [3.05, 3.63) is 0 Å². The molecule has 1 heteroatoms. The fraction of sp³-hybridized carbons (Fsp3) is 1.00. The molecule has 0 radical (unpaired) electrons. The first-order valence-corrected chi connectivity index (χ1v) is 6.98. The molecule has 1 heterocycles. The Morgan fingerprint density at radius 1 is 0.867 bits per heavy atom. The van der Waals surface area contributed by atoms with Crippen LogP contribution in [0.4, 0.5) is 0 Å². The zero-order valence-corrected chi connectivity index (χ0v) is 10.5. The molecule has 1 unspecified atom stereocenters. The van der Waals surface area contributed by atoms with E-state index in [-0.39, 0.29) is 0 Å². The fourth-order valence-electron chi connectivity index (χ4n) is 3.57. The molecule has 88 valence electrons. The van der Waals surface area contributed by atoms with Crippen LogP contribution in [0.25, 0.3) is 0 Å². The average molecular weight is 209 g/mol. The van der Waals surface area contributed by atoms with Crippen molar-refractivity contribution in [2.24, 2.45) is 23.7 Å². The van der Waals surface area contributed by atoms with Crippen molar-refractivity contribution >= 4 is 0 Å². The molecule has 1 atom stereocenters. The van der Waals surface area contributed by atoms with Gasteiger partial charge in [-0.15, -0.1) is 0 Å². The normalized spacial score (nSPS) is 36.4. The van der Waals surface area contributed by atoms with Crippen molar-refractivity contribution < 1.29 is 0 Å². The van der Waals surface area contributed by atoms with Gasteiger partial charge in [-0.1, -0.05) is 26.7 Å². The van der Waals surface area contributed by atoms with Gasteiger partial charge < -0.3 is 5.32 Å². The molecular weight excluding hydrogens is 182 g/mol. The van der Waals surface area contributed by atoms with E-state index < -0.39 is 0 Å². The van der Waals surface area contributed by atoms with E-state index in [2.05, 4.69) is 19.2 Å². The van der Waals surface area contributed by atoms with Crippen LogP contribution in [0.5, 0.6) is 0 Å². The molecule has 0 aromatic rings. The molecule has 1 aliphatic heterocycles. The Hall–Kier alpha value is -0.0400. The Bertz CT molecular complexity index is 176. The molecule has 2 aliphatic rings. The van der Waals surface area contributed by atoms with Gasteiger partial charge in [-0.05, 0) is 62.4 Å². The molecule has 1 nitrogen and oxygen atoms in total. The lowest BCUT2D eigenvalue weighted by Crippen LogP contribution is -2.34. The highest BCUT2D eigenvalue weighted by atomic mass is 14.9. The van der Waals surface area contributed by atoms with E-state index in [4.69, 9.17) is 0 Å². The number of nitrogens with one attached hydrogen (secondary N) is 1. The molecular formula is C14H27N. The van der Waals surface area contributed by atoms with E-state index in [1.54, 1.807) is 0 Å². The summed E-state index contributed by atoms with van der Waals surface area (Å²) in [5.41, 5.74) is 0. The number of rotatable bonds is 2. The van der Waals surface area contributed by atoms with Crippen LogP contribution in [0.1, 0.15) is 52.4 Å². The van der Waals surface area contributed by atoms with Crippen LogP contribution >= 0.6 is 0 Å². The first-order valence-electron chi connectivity index (χ1n) is 6.98. The van der Waals surface area contributed by atoms with Crippen LogP contribution < -0.4 is 5.32 Å². The highest BCUT2D eigenvalue weighted by molar-refractivity contribution is 4.81. The van der Waals surface area contributed by atoms with Crippen LogP contribution in [0, 0.1) is 23.7 Å². The monoisotopic (exact) mass is 209 g/mol. The standard InChI is InChI=1S/C14H27N/c1-11-3-5-13(6-4-11)12(2)14-7-9-15-10-8-14/h11-15H,3-10H2,1-2H3. The number of piperidine rings is 1. The molecule has 1 saturated heterocycles. The zero-order chi connectivity index (χ0) is 10.7. The van der Waals surface area contributed by atoms with Gasteiger partial charge in [-0.2, -0.15) is 0 Å². The van der Waals surface area contributed by atoms with E-state index in [9.17, 15) is 0 Å². The van der Waals surface area contributed by atoms with Gasteiger partial charge in [-0.3, -0.25) is 0 Å². The third kappa shape index (κ3) is 2.96. The third-order valence-electron chi connectivity index (χ3n) is 4.93. The summed E-state index contributed by atoms with van der Waals surface area (Å²) in [5.74, 6) is 4.05. The quantitative estimate of drug-likeness (QED) is 0.734. The maximum absolute atomic E-state index is 3.48. The SMILES string of the molecule is CC1CCC(C(C)C2CCNCC2)CC1. The van der Waals surface area contributed by atoms with Crippen molar-refractivity contribution in [1.82, 2.24) is 5.32 Å². The molecule has 1 N–H and O–H groups in total. The average Bonchev–Trinajstić information content (AvgIpc) is 2.30. The molecule has 1 saturated carbocycles. The minimum Gasteiger partial charge on any atom is -0.317 e. The summed E-state index contributed by atoms with van der Waals surface area (Å²) in [6.07, 6.45) is 8.83. The summed E-state index contributed by atoms with van der Waals surface area (Å²) in [5, 5.41) is 3.48. The van der Waals surface area contributed by atoms with Crippen molar-refractivity contribution in [3.63, 3.8) is 0 Å². The van der Waals surface area contributed by atoms with Gasteiger partial charge in [-0.25, -0.2) is 0 Å². The van der Waals surface area contributed by atoms with Gasteiger partial charge in [0.25, 0.3) is 0 Å². The molecule has 0 aromatic carbocycles. The van der Waals surface area contributed by atoms with Crippen molar-refractivity contribution in [2.75, 3.05) is 13.1 Å². The second-order valence-corrected chi connectivity index (χ2v) is 5.97. The first kappa shape index (κ1) is 11.4. The maximum Gasteiger partial charge on any atom is -0.00462 e. The van der Waals surface area contributed by atoms with Crippen molar-refractivity contribution in [3.8, 4) is 0 Å². The van der Waals surface area contributed by atoms with E-state index in [0.717, 1.165) is 23.7 Å². The summed E-state index contributed by atoms with van der Waals surface area (Å²) < 4.78 is 0. The molecule has 0 bridgehead atoms. The van der Waals surface area contributed by atoms with E-state index >= 15 is 0 Å². The molecule has 2 fully saturated rings. The van der Waals surface area contributed by atoms with Gasteiger partial charge in [0.1, 0.15) is 0 Å². The lowest BCUT2D eigenvalue weighted by atomic mass is 9.70. The van der Waals surface area contributed by atoms with Crippen LogP contribution in [-0.2, 0) is 0 Å². The fourth-order valence-corrected chi connectivity index (χ4v) is 3.57. The van der Waals surface area contributed by atoms with Crippen LogP contribution in [0.15, 0.2) is 0 Å². The van der Waals surface area contributed by atoms with Crippen molar-refractivity contribution in [1.29, 1.82) is 0 Å². The zero-order valence-electron chi connectivity index (χ0n) is 10.5. The molecule has 2 rings (SSSR count). The largest absolute Gasteiger partial charge is 0.317 e. The third-order valence-corrected chi connectivity index (χ3v) is 4.93. The van der Waals surface area contributed by atoms with Crippen LogP contribution in [-0.4, -0.2) is 13.1 Å². The molecule has 1 aliphatic carbocycles. The second-order valence-electron chi connectivity index (χ2n) is 5.97. The predicted molar refractivity (Wildman–Crippen MR) is 65.9 cm³/mol. The lowest BCUT2D eigenvalue weighted by molar-refractivity contribution is 0.148. The summed E-state index contributed by atoms with van der Waals surface area (Å²) in [6.45, 7) is 7.47. The summed E-state index contributed by atoms with van der Waals surface area (Å²) in [7, 11) is 0. The van der Waals surface area contributed by atoms with Gasteiger partial charge >= 0.3 is 0 Å². The topological polar surface area (TPSA) is 12.0 Å². The first-order chi connectivity index (χ1) is 7.27. The van der Waals surface area contributed by atoms with E-state index in [1.807, 2.05) is 0 Å². The minimum absolute atomic E-state index is 0.986. The second kappa shape index (κ2) is 5.34. The molecule has 0 spiro atoms. The molecule has 0 aromatic heterocycles. The van der Waals surface area contributed by atoms with Gasteiger partial charge in [0.2, 0.25) is 0 Å². The summed E-state index contributed by atoms with van der Waals surface area (Å²) in [6, 6.07) is 0. The lowest BCUT2D eigenvalue weighted by Gasteiger charge is -2.37. The maximum atomic E-state index is 3.48. The van der Waals surface area contributed by atoms with Crippen LogP contribution in [0.2, 0.25) is 0 Å². The minimum atomic E-state index is 0.986. The highest BCUT2D eigenvalue weighted by Crippen LogP contribution is 2.38. The Labute approximate surface area is 95.0 Å². The Kier molecular flexibility index (Phi) is 4.07. The number of hydrogen-bond donors (Lipinski definition) is 1. The summed E-state index contributed by atoms with van der Waals surface area (Å²) in [4.78, 5) is 0. The Balaban J connectivity index is 1.81. The Morgan fingerprint density at radius 3 is 2.00 bits per heavy atom.